The molecule has 166 valence electrons. The molecule has 1 unspecified atom stereocenters. The molecule has 0 amide bonds. The number of aliphatic hydroxyl groups is 1. The van der Waals surface area contributed by atoms with Crippen LogP contribution in [0.3, 0.4) is 0 Å². The summed E-state index contributed by atoms with van der Waals surface area (Å²) < 4.78 is 8.11. The Kier molecular flexibility index (Phi) is 5.18. The summed E-state index contributed by atoms with van der Waals surface area (Å²) in [6.07, 6.45) is 0.568. The maximum Gasteiger partial charge on any atom is 0.350 e. The fourth-order valence-electron chi connectivity index (χ4n) is 4.12. The van der Waals surface area contributed by atoms with Gasteiger partial charge in [-0.3, -0.25) is 4.98 Å². The Labute approximate surface area is 190 Å². The first kappa shape index (κ1) is 20.9. The standard InChI is InChI=1S/C26H24N4O3/c1-26(32,19-11-14-21(33-2)15-12-19)23-8-5-9-24-28-29(25(31)30(23)24)17-16-20-13-10-18-6-3-4-7-22(18)27-20/h3-15,32H,16-17H2,1-2H3. The van der Waals surface area contributed by atoms with Crippen LogP contribution < -0.4 is 10.4 Å². The van der Waals surface area contributed by atoms with E-state index in [2.05, 4.69) is 10.1 Å². The van der Waals surface area contributed by atoms with Gasteiger partial charge in [-0.15, -0.1) is 5.10 Å². The summed E-state index contributed by atoms with van der Waals surface area (Å²) in [5, 5.41) is 17.0. The van der Waals surface area contributed by atoms with Gasteiger partial charge in [0.05, 0.1) is 24.9 Å². The van der Waals surface area contributed by atoms with Gasteiger partial charge in [0.1, 0.15) is 11.4 Å². The Morgan fingerprint density at radius 2 is 1.76 bits per heavy atom. The van der Waals surface area contributed by atoms with Gasteiger partial charge in [-0.1, -0.05) is 42.5 Å². The maximum atomic E-state index is 13.3. The van der Waals surface area contributed by atoms with E-state index >= 15 is 0 Å². The zero-order chi connectivity index (χ0) is 23.0. The van der Waals surface area contributed by atoms with Crippen LogP contribution >= 0.6 is 0 Å². The molecule has 0 aliphatic heterocycles. The quantitative estimate of drug-likeness (QED) is 0.437. The fraction of sp³-hybridized carbons (Fsp3) is 0.192. The molecule has 3 aromatic heterocycles. The number of rotatable bonds is 6. The van der Waals surface area contributed by atoms with Crippen LogP contribution in [-0.2, 0) is 18.6 Å². The molecular weight excluding hydrogens is 416 g/mol. The lowest BCUT2D eigenvalue weighted by Crippen LogP contribution is -2.31. The number of aromatic nitrogens is 4. The summed E-state index contributed by atoms with van der Waals surface area (Å²) in [5.74, 6) is 0.694. The van der Waals surface area contributed by atoms with Gasteiger partial charge in [0.15, 0.2) is 5.65 Å². The van der Waals surface area contributed by atoms with Crippen molar-refractivity contribution in [2.75, 3.05) is 7.11 Å². The van der Waals surface area contributed by atoms with Crippen LogP contribution in [0.15, 0.2) is 83.7 Å². The monoisotopic (exact) mass is 440 g/mol. The smallest absolute Gasteiger partial charge is 0.350 e. The van der Waals surface area contributed by atoms with E-state index in [0.29, 0.717) is 35.6 Å². The van der Waals surface area contributed by atoms with Crippen molar-refractivity contribution >= 4 is 16.6 Å². The number of aryl methyl sites for hydroxylation is 2. The van der Waals surface area contributed by atoms with Gasteiger partial charge in [0.25, 0.3) is 0 Å². The molecule has 3 heterocycles. The van der Waals surface area contributed by atoms with Gasteiger partial charge in [-0.05, 0) is 48.9 Å². The summed E-state index contributed by atoms with van der Waals surface area (Å²) in [7, 11) is 1.59. The number of nitrogens with zero attached hydrogens (tertiary/aromatic N) is 4. The number of para-hydroxylation sites is 1. The zero-order valence-corrected chi connectivity index (χ0v) is 18.5. The molecule has 7 heteroatoms. The van der Waals surface area contributed by atoms with E-state index < -0.39 is 5.60 Å². The van der Waals surface area contributed by atoms with Crippen molar-refractivity contribution in [3.8, 4) is 5.75 Å². The first-order chi connectivity index (χ1) is 16.0. The van der Waals surface area contributed by atoms with Crippen LogP contribution in [0.2, 0.25) is 0 Å². The van der Waals surface area contributed by atoms with Crippen LogP contribution in [0.25, 0.3) is 16.6 Å². The second kappa shape index (κ2) is 8.18. The molecule has 0 saturated heterocycles. The van der Waals surface area contributed by atoms with E-state index in [0.717, 1.165) is 16.6 Å². The number of methoxy groups -OCH3 is 1. The van der Waals surface area contributed by atoms with Crippen molar-refractivity contribution in [3.05, 3.63) is 106 Å². The lowest BCUT2D eigenvalue weighted by Gasteiger charge is -2.25. The van der Waals surface area contributed by atoms with Crippen LogP contribution in [0.1, 0.15) is 23.9 Å². The third-order valence-corrected chi connectivity index (χ3v) is 5.99. The lowest BCUT2D eigenvalue weighted by molar-refractivity contribution is 0.0956. The molecular formula is C26H24N4O3. The molecule has 7 nitrogen and oxygen atoms in total. The summed E-state index contributed by atoms with van der Waals surface area (Å²) in [5.41, 5.74) is 1.70. The Morgan fingerprint density at radius 1 is 0.970 bits per heavy atom. The fourth-order valence-corrected chi connectivity index (χ4v) is 4.12. The molecule has 0 fully saturated rings. The van der Waals surface area contributed by atoms with Gasteiger partial charge in [-0.2, -0.15) is 0 Å². The van der Waals surface area contributed by atoms with Crippen molar-refractivity contribution in [2.24, 2.45) is 0 Å². The van der Waals surface area contributed by atoms with E-state index in [1.54, 1.807) is 56.5 Å². The Morgan fingerprint density at radius 3 is 2.55 bits per heavy atom. The first-order valence-electron chi connectivity index (χ1n) is 10.8. The highest BCUT2D eigenvalue weighted by atomic mass is 16.5. The number of pyridine rings is 2. The summed E-state index contributed by atoms with van der Waals surface area (Å²) in [6.45, 7) is 2.06. The van der Waals surface area contributed by atoms with Crippen LogP contribution in [-0.4, -0.2) is 31.4 Å². The number of fused-ring (bicyclic) bond motifs is 2. The van der Waals surface area contributed by atoms with E-state index in [4.69, 9.17) is 4.74 Å². The van der Waals surface area contributed by atoms with Gasteiger partial charge in [-0.25, -0.2) is 13.9 Å². The summed E-state index contributed by atoms with van der Waals surface area (Å²) in [4.78, 5) is 18.0. The minimum atomic E-state index is -1.40. The van der Waals surface area contributed by atoms with Crippen molar-refractivity contribution < 1.29 is 9.84 Å². The predicted octanol–water partition coefficient (Wildman–Crippen LogP) is 3.55. The van der Waals surface area contributed by atoms with Gasteiger partial charge in [0, 0.05) is 17.5 Å². The normalized spacial score (nSPS) is 13.3. The molecule has 0 saturated carbocycles. The third kappa shape index (κ3) is 3.76. The molecule has 0 radical (unpaired) electrons. The Balaban J connectivity index is 1.48. The highest BCUT2D eigenvalue weighted by Crippen LogP contribution is 2.30. The predicted molar refractivity (Wildman–Crippen MR) is 127 cm³/mol. The van der Waals surface area contributed by atoms with Gasteiger partial charge >= 0.3 is 5.69 Å². The number of benzene rings is 2. The highest BCUT2D eigenvalue weighted by molar-refractivity contribution is 5.78. The van der Waals surface area contributed by atoms with Gasteiger partial charge < -0.3 is 9.84 Å². The van der Waals surface area contributed by atoms with Gasteiger partial charge in [0.2, 0.25) is 0 Å². The molecule has 5 rings (SSSR count). The topological polar surface area (TPSA) is 81.7 Å². The van der Waals surface area contributed by atoms with Crippen molar-refractivity contribution in [1.82, 2.24) is 19.2 Å². The number of hydrogen-bond acceptors (Lipinski definition) is 5. The second-order valence-electron chi connectivity index (χ2n) is 8.16. The molecule has 0 bridgehead atoms. The number of ether oxygens (including phenoxy) is 1. The van der Waals surface area contributed by atoms with Crippen molar-refractivity contribution in [2.45, 2.75) is 25.5 Å². The highest BCUT2D eigenvalue weighted by Gasteiger charge is 2.29. The molecule has 0 aliphatic carbocycles. The van der Waals surface area contributed by atoms with Crippen LogP contribution in [0.4, 0.5) is 0 Å². The Hall–Kier alpha value is -3.97. The van der Waals surface area contributed by atoms with Crippen LogP contribution in [0.5, 0.6) is 5.75 Å². The van der Waals surface area contributed by atoms with E-state index in [1.807, 2.05) is 36.4 Å². The van der Waals surface area contributed by atoms with E-state index in [1.165, 1.54) is 9.08 Å². The SMILES string of the molecule is COc1ccc(C(C)(O)c2cccc3nn(CCc4ccc5ccccc5n4)c(=O)n23)cc1. The second-order valence-corrected chi connectivity index (χ2v) is 8.16. The van der Waals surface area contributed by atoms with Crippen molar-refractivity contribution in [1.29, 1.82) is 0 Å². The minimum Gasteiger partial charge on any atom is -0.497 e. The molecule has 1 atom stereocenters. The molecule has 0 spiro atoms. The number of hydrogen-bond donors (Lipinski definition) is 1. The van der Waals surface area contributed by atoms with Crippen molar-refractivity contribution in [3.63, 3.8) is 0 Å². The first-order valence-corrected chi connectivity index (χ1v) is 10.8. The molecule has 2 aromatic carbocycles. The van der Waals surface area contributed by atoms with Crippen LogP contribution in [0, 0.1) is 0 Å². The molecule has 0 aliphatic rings. The molecule has 1 N–H and O–H groups in total. The lowest BCUT2D eigenvalue weighted by atomic mass is 9.92. The van der Waals surface area contributed by atoms with E-state index in [9.17, 15) is 9.90 Å². The molecule has 33 heavy (non-hydrogen) atoms. The zero-order valence-electron chi connectivity index (χ0n) is 18.5. The minimum absolute atomic E-state index is 0.296. The Bertz CT molecular complexity index is 1500. The average molecular weight is 441 g/mol. The summed E-state index contributed by atoms with van der Waals surface area (Å²) in [6, 6.07) is 24.4. The maximum absolute atomic E-state index is 13.3. The van der Waals surface area contributed by atoms with E-state index in [-0.39, 0.29) is 5.69 Å². The summed E-state index contributed by atoms with van der Waals surface area (Å²) >= 11 is 0. The molecule has 5 aromatic rings. The largest absolute Gasteiger partial charge is 0.497 e. The average Bonchev–Trinajstić information content (AvgIpc) is 3.18. The third-order valence-electron chi connectivity index (χ3n) is 5.99.